The number of aliphatic hydroxyl groups excluding tert-OH is 1. The predicted octanol–water partition coefficient (Wildman–Crippen LogP) is 2.57. The number of carbonyl (C=O) groups is 1. The van der Waals surface area contributed by atoms with Crippen LogP contribution < -0.4 is 15.4 Å². The molecule has 112 valence electrons. The summed E-state index contributed by atoms with van der Waals surface area (Å²) in [6.45, 7) is 0.490. The minimum atomic E-state index is -2.88. The standard InChI is InChI=1S/C13H18F2N2O3/c1-3-13(2,8-18)17-12(19)16-9-4-6-10(7-5-9)20-11(14)15/h4-7,11,18H,3,8H2,1-2H3,(H2,16,17,19). The van der Waals surface area contributed by atoms with Gasteiger partial charge < -0.3 is 20.5 Å². The van der Waals surface area contributed by atoms with E-state index in [1.807, 2.05) is 6.92 Å². The molecule has 0 saturated carbocycles. The Morgan fingerprint density at radius 2 is 2.00 bits per heavy atom. The Morgan fingerprint density at radius 1 is 1.40 bits per heavy atom. The van der Waals surface area contributed by atoms with Crippen molar-refractivity contribution in [2.45, 2.75) is 32.4 Å². The fourth-order valence-electron chi connectivity index (χ4n) is 1.40. The summed E-state index contributed by atoms with van der Waals surface area (Å²) in [6.07, 6.45) is 0.568. The largest absolute Gasteiger partial charge is 0.435 e. The molecule has 0 bridgehead atoms. The van der Waals surface area contributed by atoms with Crippen molar-refractivity contribution in [2.75, 3.05) is 11.9 Å². The zero-order valence-electron chi connectivity index (χ0n) is 11.3. The van der Waals surface area contributed by atoms with Crippen LogP contribution in [0.4, 0.5) is 19.3 Å². The Kier molecular flexibility index (Phi) is 5.69. The minimum absolute atomic E-state index is 0.0136. The van der Waals surface area contributed by atoms with E-state index in [1.54, 1.807) is 6.92 Å². The zero-order valence-corrected chi connectivity index (χ0v) is 11.3. The average molecular weight is 288 g/mol. The summed E-state index contributed by atoms with van der Waals surface area (Å²) in [4.78, 5) is 11.7. The Labute approximate surface area is 115 Å². The summed E-state index contributed by atoms with van der Waals surface area (Å²) in [5, 5.41) is 14.4. The van der Waals surface area contributed by atoms with Crippen molar-refractivity contribution in [3.63, 3.8) is 0 Å². The number of rotatable bonds is 6. The highest BCUT2D eigenvalue weighted by atomic mass is 19.3. The van der Waals surface area contributed by atoms with Gasteiger partial charge >= 0.3 is 12.6 Å². The van der Waals surface area contributed by atoms with Crippen LogP contribution in [0.2, 0.25) is 0 Å². The molecule has 0 radical (unpaired) electrons. The SMILES string of the molecule is CCC(C)(CO)NC(=O)Nc1ccc(OC(F)F)cc1. The highest BCUT2D eigenvalue weighted by Gasteiger charge is 2.23. The molecule has 5 nitrogen and oxygen atoms in total. The van der Waals surface area contributed by atoms with Crippen LogP contribution in [0.1, 0.15) is 20.3 Å². The van der Waals surface area contributed by atoms with E-state index < -0.39 is 18.2 Å². The van der Waals surface area contributed by atoms with Gasteiger partial charge in [0.2, 0.25) is 0 Å². The van der Waals surface area contributed by atoms with E-state index in [-0.39, 0.29) is 12.4 Å². The Hall–Kier alpha value is -1.89. The van der Waals surface area contributed by atoms with Crippen LogP contribution in [-0.2, 0) is 0 Å². The van der Waals surface area contributed by atoms with Gasteiger partial charge in [-0.15, -0.1) is 0 Å². The number of ether oxygens (including phenoxy) is 1. The molecule has 1 unspecified atom stereocenters. The maximum Gasteiger partial charge on any atom is 0.387 e. The van der Waals surface area contributed by atoms with Gasteiger partial charge in [0.15, 0.2) is 0 Å². The smallest absolute Gasteiger partial charge is 0.387 e. The van der Waals surface area contributed by atoms with Crippen molar-refractivity contribution in [3.8, 4) is 5.75 Å². The fraction of sp³-hybridized carbons (Fsp3) is 0.462. The van der Waals surface area contributed by atoms with Crippen LogP contribution in [-0.4, -0.2) is 29.9 Å². The van der Waals surface area contributed by atoms with Gasteiger partial charge in [-0.25, -0.2) is 4.79 Å². The summed E-state index contributed by atoms with van der Waals surface area (Å²) in [6, 6.07) is 5.06. The molecule has 20 heavy (non-hydrogen) atoms. The van der Waals surface area contributed by atoms with Crippen molar-refractivity contribution in [3.05, 3.63) is 24.3 Å². The molecule has 3 N–H and O–H groups in total. The Bertz CT molecular complexity index is 434. The number of anilines is 1. The average Bonchev–Trinajstić information content (AvgIpc) is 2.40. The summed E-state index contributed by atoms with van der Waals surface area (Å²) in [7, 11) is 0. The van der Waals surface area contributed by atoms with Crippen LogP contribution in [0.15, 0.2) is 24.3 Å². The van der Waals surface area contributed by atoms with Crippen molar-refractivity contribution in [1.82, 2.24) is 5.32 Å². The summed E-state index contributed by atoms with van der Waals surface area (Å²) in [5.41, 5.74) is -0.275. The molecule has 1 aromatic carbocycles. The maximum atomic E-state index is 12.0. The molecule has 1 atom stereocenters. The van der Waals surface area contributed by atoms with Gasteiger partial charge in [-0.2, -0.15) is 8.78 Å². The van der Waals surface area contributed by atoms with Gasteiger partial charge in [-0.05, 0) is 37.6 Å². The van der Waals surface area contributed by atoms with E-state index in [4.69, 9.17) is 0 Å². The molecule has 0 aliphatic heterocycles. The molecule has 0 aliphatic carbocycles. The highest BCUT2D eigenvalue weighted by Crippen LogP contribution is 2.18. The van der Waals surface area contributed by atoms with Crippen LogP contribution in [0.3, 0.4) is 0 Å². The molecular weight excluding hydrogens is 270 g/mol. The summed E-state index contributed by atoms with van der Waals surface area (Å²) < 4.78 is 28.1. The molecular formula is C13H18F2N2O3. The van der Waals surface area contributed by atoms with E-state index in [1.165, 1.54) is 24.3 Å². The molecule has 0 spiro atoms. The molecule has 0 fully saturated rings. The van der Waals surface area contributed by atoms with Crippen LogP contribution in [0.5, 0.6) is 5.75 Å². The van der Waals surface area contributed by atoms with Crippen molar-refractivity contribution < 1.29 is 23.4 Å². The summed E-state index contributed by atoms with van der Waals surface area (Å²) in [5.74, 6) is 0.0136. The first kappa shape index (κ1) is 16.2. The first-order chi connectivity index (χ1) is 9.38. The monoisotopic (exact) mass is 288 g/mol. The lowest BCUT2D eigenvalue weighted by Crippen LogP contribution is -2.50. The van der Waals surface area contributed by atoms with Crippen LogP contribution in [0.25, 0.3) is 0 Å². The third-order valence-corrected chi connectivity index (χ3v) is 2.88. The van der Waals surface area contributed by atoms with Crippen LogP contribution in [0, 0.1) is 0 Å². The second-order valence-electron chi connectivity index (χ2n) is 4.55. The van der Waals surface area contributed by atoms with E-state index in [2.05, 4.69) is 15.4 Å². The topological polar surface area (TPSA) is 70.6 Å². The molecule has 2 amide bonds. The van der Waals surface area contributed by atoms with E-state index in [0.29, 0.717) is 12.1 Å². The Balaban J connectivity index is 2.58. The lowest BCUT2D eigenvalue weighted by Gasteiger charge is -2.27. The molecule has 1 rings (SSSR count). The van der Waals surface area contributed by atoms with E-state index >= 15 is 0 Å². The first-order valence-corrected chi connectivity index (χ1v) is 6.13. The lowest BCUT2D eigenvalue weighted by molar-refractivity contribution is -0.0498. The van der Waals surface area contributed by atoms with Crippen LogP contribution >= 0.6 is 0 Å². The first-order valence-electron chi connectivity index (χ1n) is 6.13. The third-order valence-electron chi connectivity index (χ3n) is 2.88. The predicted molar refractivity (Wildman–Crippen MR) is 71.0 cm³/mol. The number of amides is 2. The van der Waals surface area contributed by atoms with E-state index in [9.17, 15) is 18.7 Å². The normalized spacial score (nSPS) is 13.7. The lowest BCUT2D eigenvalue weighted by atomic mass is 10.0. The Morgan fingerprint density at radius 3 is 2.45 bits per heavy atom. The number of halogens is 2. The molecule has 0 saturated heterocycles. The second kappa shape index (κ2) is 7.04. The third kappa shape index (κ3) is 5.00. The number of nitrogens with one attached hydrogen (secondary N) is 2. The van der Waals surface area contributed by atoms with Gasteiger partial charge in [0.25, 0.3) is 0 Å². The number of hydrogen-bond acceptors (Lipinski definition) is 3. The number of aliphatic hydroxyl groups is 1. The maximum absolute atomic E-state index is 12.0. The van der Waals surface area contributed by atoms with Gasteiger partial charge in [-0.1, -0.05) is 6.92 Å². The number of benzene rings is 1. The molecule has 1 aromatic rings. The quantitative estimate of drug-likeness (QED) is 0.753. The van der Waals surface area contributed by atoms with Crippen molar-refractivity contribution in [1.29, 1.82) is 0 Å². The molecule has 0 aromatic heterocycles. The zero-order chi connectivity index (χ0) is 15.2. The highest BCUT2D eigenvalue weighted by molar-refractivity contribution is 5.89. The molecule has 7 heteroatoms. The van der Waals surface area contributed by atoms with Gasteiger partial charge in [0.05, 0.1) is 12.1 Å². The number of hydrogen-bond donors (Lipinski definition) is 3. The van der Waals surface area contributed by atoms with Gasteiger partial charge in [-0.3, -0.25) is 0 Å². The fourth-order valence-corrected chi connectivity index (χ4v) is 1.40. The van der Waals surface area contributed by atoms with Crippen molar-refractivity contribution >= 4 is 11.7 Å². The number of alkyl halides is 2. The van der Waals surface area contributed by atoms with E-state index in [0.717, 1.165) is 0 Å². The van der Waals surface area contributed by atoms with Crippen molar-refractivity contribution in [2.24, 2.45) is 0 Å². The van der Waals surface area contributed by atoms with Gasteiger partial charge in [0, 0.05) is 5.69 Å². The second-order valence-corrected chi connectivity index (χ2v) is 4.55. The number of urea groups is 1. The minimum Gasteiger partial charge on any atom is -0.435 e. The van der Waals surface area contributed by atoms with Gasteiger partial charge in [0.1, 0.15) is 5.75 Å². The summed E-state index contributed by atoms with van der Waals surface area (Å²) >= 11 is 0. The molecule has 0 heterocycles. The molecule has 0 aliphatic rings. The number of carbonyl (C=O) groups excluding carboxylic acids is 1.